The molecule has 20 heteroatoms. The van der Waals surface area contributed by atoms with Gasteiger partial charge in [0.1, 0.15) is 17.6 Å². The predicted octanol–water partition coefficient (Wildman–Crippen LogP) is 2.39. The largest absolute Gasteiger partial charge is 0.383 e. The van der Waals surface area contributed by atoms with Gasteiger partial charge in [0, 0.05) is 69.2 Å². The number of amides is 7. The van der Waals surface area contributed by atoms with Crippen LogP contribution in [0.4, 0.5) is 5.69 Å². The van der Waals surface area contributed by atoms with Gasteiger partial charge in [0.05, 0.1) is 23.3 Å². The number of ether oxygens (including phenoxy) is 1. The number of nitrogens with zero attached hydrogens (tertiary/aromatic N) is 2. The molecule has 0 radical (unpaired) electrons. The lowest BCUT2D eigenvalue weighted by molar-refractivity contribution is -0.136. The molecule has 65 heavy (non-hydrogen) atoms. The Balaban J connectivity index is 0.866. The third-order valence-electron chi connectivity index (χ3n) is 12.9. The monoisotopic (exact) mass is 936 g/mol. The number of carbonyl (C=O) groups is 7. The molecular weight excluding hydrogens is 877 g/mol. The molecule has 7 rings (SSSR count). The van der Waals surface area contributed by atoms with Crippen molar-refractivity contribution in [2.45, 2.75) is 107 Å². The number of anilines is 1. The van der Waals surface area contributed by atoms with Gasteiger partial charge in [-0.25, -0.2) is 8.42 Å². The molecule has 4 fully saturated rings. The van der Waals surface area contributed by atoms with Gasteiger partial charge in [0.15, 0.2) is 0 Å². The maximum atomic E-state index is 14.1. The van der Waals surface area contributed by atoms with Crippen LogP contribution in [-0.2, 0) is 38.7 Å². The molecule has 0 bridgehead atoms. The Kier molecular flexibility index (Phi) is 16.3. The fraction of sp³-hybridized carbons (Fsp3) is 0.578. The number of imide groups is 2. The van der Waals surface area contributed by atoms with Crippen molar-refractivity contribution in [3.63, 3.8) is 0 Å². The number of benzene rings is 2. The summed E-state index contributed by atoms with van der Waals surface area (Å²) in [5.41, 5.74) is 1.60. The van der Waals surface area contributed by atoms with Gasteiger partial charge >= 0.3 is 0 Å². The van der Waals surface area contributed by atoms with E-state index in [9.17, 15) is 42.0 Å². The summed E-state index contributed by atoms with van der Waals surface area (Å²) in [5, 5.41) is 17.6. The Morgan fingerprint density at radius 1 is 0.908 bits per heavy atom. The van der Waals surface area contributed by atoms with Crippen LogP contribution < -0.4 is 31.9 Å². The molecular formula is C45H60N8O10S2. The second-order valence-corrected chi connectivity index (χ2v) is 20.5. The Morgan fingerprint density at radius 2 is 1.66 bits per heavy atom. The molecule has 0 aromatic heterocycles. The number of hydrogen-bond acceptors (Lipinski definition) is 13. The Morgan fingerprint density at radius 3 is 2.40 bits per heavy atom. The highest BCUT2D eigenvalue weighted by Gasteiger charge is 2.48. The SMILES string of the molecule is CS(=O)(=O)N1CCC(C(=O)N[C@@H](CCOCCCC(=O)NCCNc2ccc3c(c2)C(=O)N(C2CCC(=O)NC2=O)C3=O)C(=O)NC2NC(c3ccccc3)CS2)C1C1CCCCCC1. The lowest BCUT2D eigenvalue weighted by Gasteiger charge is -2.33. The third kappa shape index (κ3) is 12.1. The molecule has 4 aliphatic heterocycles. The van der Waals surface area contributed by atoms with Gasteiger partial charge in [-0.2, -0.15) is 4.31 Å². The number of nitrogens with one attached hydrogen (secondary N) is 6. The summed E-state index contributed by atoms with van der Waals surface area (Å²) in [6, 6.07) is 12.2. The zero-order chi connectivity index (χ0) is 46.1. The summed E-state index contributed by atoms with van der Waals surface area (Å²) in [5.74, 6) is -2.98. The van der Waals surface area contributed by atoms with Crippen LogP contribution in [0.25, 0.3) is 0 Å². The zero-order valence-electron chi connectivity index (χ0n) is 36.7. The first-order valence-electron chi connectivity index (χ1n) is 22.7. The van der Waals surface area contributed by atoms with Crippen LogP contribution in [0.3, 0.4) is 0 Å². The highest BCUT2D eigenvalue weighted by atomic mass is 32.2. The van der Waals surface area contributed by atoms with Crippen LogP contribution >= 0.6 is 11.8 Å². The molecule has 3 saturated heterocycles. The average Bonchev–Trinajstić information content (AvgIpc) is 3.94. The average molecular weight is 937 g/mol. The summed E-state index contributed by atoms with van der Waals surface area (Å²) in [7, 11) is -3.55. The number of thioether (sulfide) groups is 1. The number of fused-ring (bicyclic) bond motifs is 1. The maximum Gasteiger partial charge on any atom is 0.262 e. The molecule has 2 aromatic rings. The summed E-state index contributed by atoms with van der Waals surface area (Å²) in [6.45, 7) is 1.23. The molecule has 4 heterocycles. The van der Waals surface area contributed by atoms with E-state index in [4.69, 9.17) is 4.74 Å². The lowest BCUT2D eigenvalue weighted by Crippen LogP contribution is -2.54. The van der Waals surface area contributed by atoms with Crippen LogP contribution in [-0.4, -0.2) is 127 Å². The van der Waals surface area contributed by atoms with Crippen LogP contribution in [0.5, 0.6) is 0 Å². The van der Waals surface area contributed by atoms with Crippen molar-refractivity contribution in [2.24, 2.45) is 11.8 Å². The van der Waals surface area contributed by atoms with E-state index in [0.717, 1.165) is 54.7 Å². The second kappa shape index (κ2) is 22.1. The molecule has 352 valence electrons. The first kappa shape index (κ1) is 48.1. The van der Waals surface area contributed by atoms with Crippen LogP contribution in [0, 0.1) is 11.8 Å². The standard InChI is InChI=1S/C45H60N8O10S2/c1-65(61,62)52-23-19-32(39(52)29-12-5-2-3-6-13-29)40(56)48-34(41(57)51-45-49-35(27-64-45)28-10-7-4-8-11-28)20-25-63-24-9-14-37(54)47-22-21-46-30-15-16-31-33(26-30)44(60)53(43(31)59)36-17-18-38(55)50-42(36)58/h4,7-8,10-11,15-16,26,29,32,34-36,39,45-46,49H,2-3,5-6,9,12-14,17-25,27H2,1H3,(H,47,54)(H,48,56)(H,51,57)(H,50,55,58)/t32?,34-,35?,36?,39?,45?/m0/s1. The highest BCUT2D eigenvalue weighted by molar-refractivity contribution is 8.00. The summed E-state index contributed by atoms with van der Waals surface area (Å²) < 4.78 is 33.2. The van der Waals surface area contributed by atoms with E-state index in [0.29, 0.717) is 25.1 Å². The number of piperidine rings is 1. The smallest absolute Gasteiger partial charge is 0.262 e. The molecule has 0 spiro atoms. The lowest BCUT2D eigenvalue weighted by atomic mass is 9.84. The molecule has 5 unspecified atom stereocenters. The molecule has 1 aliphatic carbocycles. The van der Waals surface area contributed by atoms with Crippen molar-refractivity contribution in [3.05, 3.63) is 65.2 Å². The van der Waals surface area contributed by atoms with Gasteiger partial charge in [-0.1, -0.05) is 56.0 Å². The minimum atomic E-state index is -3.55. The number of carbonyl (C=O) groups excluding carboxylic acids is 7. The van der Waals surface area contributed by atoms with E-state index in [1.807, 2.05) is 30.3 Å². The number of sulfonamides is 1. The van der Waals surface area contributed by atoms with E-state index < -0.39 is 57.7 Å². The first-order valence-corrected chi connectivity index (χ1v) is 25.6. The summed E-state index contributed by atoms with van der Waals surface area (Å²) in [6.07, 6.45) is 8.33. The second-order valence-electron chi connectivity index (χ2n) is 17.4. The fourth-order valence-electron chi connectivity index (χ4n) is 9.60. The van der Waals surface area contributed by atoms with E-state index in [-0.39, 0.29) is 98.3 Å². The van der Waals surface area contributed by atoms with Crippen molar-refractivity contribution < 1.29 is 46.7 Å². The van der Waals surface area contributed by atoms with Gasteiger partial charge in [0.25, 0.3) is 11.8 Å². The van der Waals surface area contributed by atoms with Crippen molar-refractivity contribution >= 4 is 68.8 Å². The van der Waals surface area contributed by atoms with Gasteiger partial charge in [-0.05, 0) is 68.2 Å². The maximum absolute atomic E-state index is 14.1. The van der Waals surface area contributed by atoms with Crippen molar-refractivity contribution in [3.8, 4) is 0 Å². The summed E-state index contributed by atoms with van der Waals surface area (Å²) in [4.78, 5) is 91.6. The quantitative estimate of drug-likeness (QED) is 0.0675. The topological polar surface area (TPSA) is 242 Å². The highest BCUT2D eigenvalue weighted by Crippen LogP contribution is 2.39. The molecule has 1 saturated carbocycles. The minimum absolute atomic E-state index is 0.0323. The van der Waals surface area contributed by atoms with Crippen molar-refractivity contribution in [2.75, 3.05) is 50.2 Å². The molecule has 7 amide bonds. The predicted molar refractivity (Wildman–Crippen MR) is 243 cm³/mol. The molecule has 18 nitrogen and oxygen atoms in total. The Hall–Kier alpha value is -4.89. The number of rotatable bonds is 19. The van der Waals surface area contributed by atoms with E-state index >= 15 is 0 Å². The first-order chi connectivity index (χ1) is 31.3. The van der Waals surface area contributed by atoms with Crippen molar-refractivity contribution in [1.29, 1.82) is 0 Å². The van der Waals surface area contributed by atoms with Crippen LogP contribution in [0.15, 0.2) is 48.5 Å². The van der Waals surface area contributed by atoms with Crippen LogP contribution in [0.1, 0.15) is 109 Å². The Bertz CT molecular complexity index is 2210. The molecule has 2 aromatic carbocycles. The zero-order valence-corrected chi connectivity index (χ0v) is 38.3. The fourth-order valence-corrected chi connectivity index (χ4v) is 11.9. The minimum Gasteiger partial charge on any atom is -0.383 e. The molecule has 5 aliphatic rings. The molecule has 6 atom stereocenters. The third-order valence-corrected chi connectivity index (χ3v) is 15.3. The normalized spacial score (nSPS) is 24.6. The van der Waals surface area contributed by atoms with E-state index in [1.54, 1.807) is 17.8 Å². The van der Waals surface area contributed by atoms with Gasteiger partial charge in [-0.3, -0.25) is 49.1 Å². The van der Waals surface area contributed by atoms with Crippen LogP contribution in [0.2, 0.25) is 0 Å². The number of hydrogen-bond donors (Lipinski definition) is 6. The van der Waals surface area contributed by atoms with Gasteiger partial charge in [0.2, 0.25) is 39.6 Å². The molecule has 6 N–H and O–H groups in total. The van der Waals surface area contributed by atoms with Gasteiger partial charge < -0.3 is 26.0 Å². The van der Waals surface area contributed by atoms with E-state index in [2.05, 4.69) is 31.9 Å². The van der Waals surface area contributed by atoms with Crippen molar-refractivity contribution in [1.82, 2.24) is 35.8 Å². The van der Waals surface area contributed by atoms with E-state index in [1.165, 1.54) is 22.7 Å². The summed E-state index contributed by atoms with van der Waals surface area (Å²) >= 11 is 1.57. The Labute approximate surface area is 383 Å². The van der Waals surface area contributed by atoms with Gasteiger partial charge in [-0.15, -0.1) is 11.8 Å².